The van der Waals surface area contributed by atoms with Gasteiger partial charge in [-0.1, -0.05) is 0 Å². The molecule has 8 nitrogen and oxygen atoms in total. The minimum absolute atomic E-state index is 0.204. The lowest BCUT2D eigenvalue weighted by atomic mass is 10.3. The summed E-state index contributed by atoms with van der Waals surface area (Å²) in [7, 11) is 0. The number of hydrogen-bond acceptors (Lipinski definition) is 6. The Bertz CT molecular complexity index is 1130. The smallest absolute Gasteiger partial charge is 0.263 e. The van der Waals surface area contributed by atoms with Gasteiger partial charge < -0.3 is 4.90 Å². The Labute approximate surface area is 165 Å². The number of carbonyl (C=O) groups is 1. The molecule has 1 atom stereocenters. The number of fused-ring (bicyclic) bond motifs is 1. The lowest BCUT2D eigenvalue weighted by molar-refractivity contribution is 0.0995. The first-order valence-corrected chi connectivity index (χ1v) is 9.24. The largest absolute Gasteiger partial charge is 0.354 e. The Balaban J connectivity index is 1.37. The molecule has 0 saturated carbocycles. The van der Waals surface area contributed by atoms with Crippen LogP contribution in [0, 0.1) is 11.3 Å². The molecule has 0 bridgehead atoms. The predicted octanol–water partition coefficient (Wildman–Crippen LogP) is 2.24. The Morgan fingerprint density at radius 2 is 2.10 bits per heavy atom. The molecule has 0 aromatic carbocycles. The van der Waals surface area contributed by atoms with Crippen molar-refractivity contribution in [3.63, 3.8) is 0 Å². The van der Waals surface area contributed by atoms with E-state index in [9.17, 15) is 9.18 Å². The molecule has 5 heterocycles. The highest BCUT2D eigenvalue weighted by Gasteiger charge is 2.33. The number of amides is 1. The van der Waals surface area contributed by atoms with Gasteiger partial charge in [0.05, 0.1) is 47.9 Å². The van der Waals surface area contributed by atoms with Gasteiger partial charge in [0.2, 0.25) is 0 Å². The molecule has 0 radical (unpaired) electrons. The maximum Gasteiger partial charge on any atom is 0.263 e. The molecular formula is C20H16FN7O. The summed E-state index contributed by atoms with van der Waals surface area (Å²) < 4.78 is 15.0. The number of rotatable bonds is 3. The number of nitrogens with zero attached hydrogens (tertiary/aromatic N) is 7. The number of aromatic nitrogens is 4. The summed E-state index contributed by atoms with van der Waals surface area (Å²) in [5, 5.41) is 13.6. The van der Waals surface area contributed by atoms with E-state index in [-0.39, 0.29) is 5.91 Å². The van der Waals surface area contributed by atoms with E-state index in [2.05, 4.69) is 15.1 Å². The van der Waals surface area contributed by atoms with Crippen molar-refractivity contribution in [3.05, 3.63) is 59.7 Å². The van der Waals surface area contributed by atoms with Gasteiger partial charge in [0.15, 0.2) is 0 Å². The molecule has 0 N–H and O–H groups in total. The van der Waals surface area contributed by atoms with Crippen LogP contribution in [0.2, 0.25) is 0 Å². The topological polar surface area (TPSA) is 90.9 Å². The molecule has 3 aromatic rings. The van der Waals surface area contributed by atoms with E-state index in [1.807, 2.05) is 23.1 Å². The van der Waals surface area contributed by atoms with Crippen LogP contribution in [0.25, 0.3) is 5.69 Å². The van der Waals surface area contributed by atoms with Gasteiger partial charge in [0, 0.05) is 18.9 Å². The van der Waals surface area contributed by atoms with Crippen LogP contribution in [0.5, 0.6) is 0 Å². The molecule has 2 aliphatic rings. The van der Waals surface area contributed by atoms with E-state index in [1.165, 1.54) is 11.1 Å². The van der Waals surface area contributed by atoms with E-state index in [0.29, 0.717) is 48.7 Å². The van der Waals surface area contributed by atoms with Crippen LogP contribution in [0.3, 0.4) is 0 Å². The predicted molar refractivity (Wildman–Crippen MR) is 103 cm³/mol. The van der Waals surface area contributed by atoms with Gasteiger partial charge in [0.1, 0.15) is 17.8 Å². The molecule has 1 fully saturated rings. The van der Waals surface area contributed by atoms with Crippen molar-refractivity contribution in [2.24, 2.45) is 0 Å². The quantitative estimate of drug-likeness (QED) is 0.682. The van der Waals surface area contributed by atoms with Crippen molar-refractivity contribution < 1.29 is 9.18 Å². The third-order valence-electron chi connectivity index (χ3n) is 5.18. The summed E-state index contributed by atoms with van der Waals surface area (Å²) in [5.74, 6) is 0.963. The van der Waals surface area contributed by atoms with Crippen LogP contribution in [0.15, 0.2) is 42.9 Å². The molecule has 0 spiro atoms. The van der Waals surface area contributed by atoms with Crippen LogP contribution in [-0.2, 0) is 6.54 Å². The van der Waals surface area contributed by atoms with Gasteiger partial charge in [0.25, 0.3) is 5.91 Å². The number of nitriles is 1. The second-order valence-electron chi connectivity index (χ2n) is 7.05. The molecule has 29 heavy (non-hydrogen) atoms. The molecular weight excluding hydrogens is 373 g/mol. The zero-order valence-electron chi connectivity index (χ0n) is 15.4. The fourth-order valence-corrected chi connectivity index (χ4v) is 3.65. The van der Waals surface area contributed by atoms with Gasteiger partial charge in [-0.2, -0.15) is 10.4 Å². The van der Waals surface area contributed by atoms with E-state index in [0.717, 1.165) is 11.5 Å². The van der Waals surface area contributed by atoms with Crippen LogP contribution >= 0.6 is 0 Å². The summed E-state index contributed by atoms with van der Waals surface area (Å²) in [5.41, 5.74) is 2.31. The zero-order valence-corrected chi connectivity index (χ0v) is 15.4. The van der Waals surface area contributed by atoms with E-state index < -0.39 is 6.17 Å². The molecule has 1 amide bonds. The molecule has 0 aliphatic carbocycles. The number of pyridine rings is 2. The van der Waals surface area contributed by atoms with Crippen molar-refractivity contribution in [3.8, 4) is 11.8 Å². The summed E-state index contributed by atoms with van der Waals surface area (Å²) in [6.45, 7) is 1.32. The third kappa shape index (κ3) is 2.99. The Hall–Kier alpha value is -3.80. The fraction of sp³-hybridized carbons (Fsp3) is 0.250. The maximum atomic E-state index is 13.4. The van der Waals surface area contributed by atoms with Gasteiger partial charge in [-0.25, -0.2) is 19.0 Å². The first-order chi connectivity index (χ1) is 14.1. The monoisotopic (exact) mass is 389 g/mol. The van der Waals surface area contributed by atoms with E-state index >= 15 is 0 Å². The standard InChI is InChI=1S/C20H16FN7O/c21-14-4-6-26(10-14)18-2-1-15(9-24-18)28-11-16-17(25-28)12-27(20(16)29)19-7-13(8-22)3-5-23-19/h1-3,5,7,9,11,14H,4,6,10,12H2/t14-/m0/s1. The summed E-state index contributed by atoms with van der Waals surface area (Å²) in [6.07, 6.45) is 4.58. The molecule has 9 heteroatoms. The SMILES string of the molecule is N#Cc1ccnc(N2Cc3nn(-c4ccc(N5CC[C@H](F)C5)nc4)cc3C2=O)c1. The molecule has 5 rings (SSSR count). The number of anilines is 2. The number of carbonyl (C=O) groups excluding carboxylic acids is 1. The summed E-state index contributed by atoms with van der Waals surface area (Å²) in [6, 6.07) is 8.92. The Morgan fingerprint density at radius 1 is 1.21 bits per heavy atom. The van der Waals surface area contributed by atoms with Gasteiger partial charge in [-0.05, 0) is 30.7 Å². The first-order valence-electron chi connectivity index (χ1n) is 9.24. The average molecular weight is 389 g/mol. The van der Waals surface area contributed by atoms with Crippen LogP contribution in [-0.4, -0.2) is 44.9 Å². The Morgan fingerprint density at radius 3 is 2.79 bits per heavy atom. The van der Waals surface area contributed by atoms with E-state index in [1.54, 1.807) is 29.2 Å². The summed E-state index contributed by atoms with van der Waals surface area (Å²) in [4.78, 5) is 24.8. The highest BCUT2D eigenvalue weighted by molar-refractivity contribution is 6.09. The van der Waals surface area contributed by atoms with Crippen molar-refractivity contribution in [1.82, 2.24) is 19.7 Å². The van der Waals surface area contributed by atoms with Gasteiger partial charge >= 0.3 is 0 Å². The molecule has 1 saturated heterocycles. The minimum Gasteiger partial charge on any atom is -0.354 e. The third-order valence-corrected chi connectivity index (χ3v) is 5.18. The highest BCUT2D eigenvalue weighted by atomic mass is 19.1. The molecule has 144 valence electrons. The van der Waals surface area contributed by atoms with E-state index in [4.69, 9.17) is 5.26 Å². The van der Waals surface area contributed by atoms with Crippen LogP contribution in [0.1, 0.15) is 28.0 Å². The Kier molecular flexibility index (Phi) is 3.98. The van der Waals surface area contributed by atoms with Crippen molar-refractivity contribution in [2.75, 3.05) is 22.9 Å². The number of halogens is 1. The minimum atomic E-state index is -0.803. The van der Waals surface area contributed by atoms with Crippen LogP contribution < -0.4 is 9.80 Å². The summed E-state index contributed by atoms with van der Waals surface area (Å²) >= 11 is 0. The van der Waals surface area contributed by atoms with Crippen molar-refractivity contribution >= 4 is 17.5 Å². The van der Waals surface area contributed by atoms with Crippen LogP contribution in [0.4, 0.5) is 16.0 Å². The van der Waals surface area contributed by atoms with Gasteiger partial charge in [-0.3, -0.25) is 9.69 Å². The zero-order chi connectivity index (χ0) is 20.0. The molecule has 3 aromatic heterocycles. The molecule has 0 unspecified atom stereocenters. The molecule has 2 aliphatic heterocycles. The highest BCUT2D eigenvalue weighted by Crippen LogP contribution is 2.28. The number of alkyl halides is 1. The first kappa shape index (κ1) is 17.3. The number of hydrogen-bond donors (Lipinski definition) is 0. The van der Waals surface area contributed by atoms with Crippen molar-refractivity contribution in [1.29, 1.82) is 5.26 Å². The lowest BCUT2D eigenvalue weighted by Crippen LogP contribution is -2.25. The normalized spacial score (nSPS) is 18.2. The van der Waals surface area contributed by atoms with Crippen molar-refractivity contribution in [2.45, 2.75) is 19.1 Å². The second kappa shape index (κ2) is 6.67. The second-order valence-corrected chi connectivity index (χ2v) is 7.05. The lowest BCUT2D eigenvalue weighted by Gasteiger charge is -2.16. The average Bonchev–Trinajstić information content (AvgIpc) is 3.44. The fourth-order valence-electron chi connectivity index (χ4n) is 3.65. The van der Waals surface area contributed by atoms with Gasteiger partial charge in [-0.15, -0.1) is 0 Å². The maximum absolute atomic E-state index is 13.4.